The highest BCUT2D eigenvalue weighted by Gasteiger charge is 2.24. The number of carbonyl (C=O) groups is 2. The van der Waals surface area contributed by atoms with E-state index in [4.69, 9.17) is 0 Å². The molecule has 1 fully saturated rings. The largest absolute Gasteiger partial charge is 0.342 e. The quantitative estimate of drug-likeness (QED) is 0.458. The highest BCUT2D eigenvalue weighted by molar-refractivity contribution is 5.97. The van der Waals surface area contributed by atoms with Gasteiger partial charge in [-0.15, -0.1) is 0 Å². The summed E-state index contributed by atoms with van der Waals surface area (Å²) in [5.41, 5.74) is 0.539. The number of halogens is 1. The maximum absolute atomic E-state index is 14.0. The Kier molecular flexibility index (Phi) is 6.01. The minimum absolute atomic E-state index is 0.178. The fraction of sp³-hybridized carbons (Fsp3) is 0.238. The lowest BCUT2D eigenvalue weighted by molar-refractivity contribution is -0.131. The van der Waals surface area contributed by atoms with Crippen molar-refractivity contribution in [3.05, 3.63) is 76.5 Å². The molecule has 0 atom stereocenters. The Morgan fingerprint density at radius 1 is 1.17 bits per heavy atom. The Morgan fingerprint density at radius 3 is 2.45 bits per heavy atom. The number of hydrogen-bond acceptors (Lipinski definition) is 4. The molecule has 1 aromatic heterocycles. The smallest absolute Gasteiger partial charge is 0.272 e. The van der Waals surface area contributed by atoms with Crippen molar-refractivity contribution in [3.8, 4) is 0 Å². The van der Waals surface area contributed by atoms with Gasteiger partial charge in [-0.2, -0.15) is 5.10 Å². The zero-order valence-corrected chi connectivity index (χ0v) is 15.9. The van der Waals surface area contributed by atoms with E-state index in [0.29, 0.717) is 48.2 Å². The number of fused-ring (bicyclic) bond motifs is 1. The summed E-state index contributed by atoms with van der Waals surface area (Å²) >= 11 is 0. The molecule has 3 rings (SSSR count). The van der Waals surface area contributed by atoms with Crippen LogP contribution in [0.4, 0.5) is 4.39 Å². The van der Waals surface area contributed by atoms with Gasteiger partial charge >= 0.3 is 0 Å². The van der Waals surface area contributed by atoms with Crippen LogP contribution in [-0.2, 0) is 16.0 Å². The van der Waals surface area contributed by atoms with Crippen LogP contribution < -0.4 is 5.56 Å². The van der Waals surface area contributed by atoms with Crippen LogP contribution in [0.1, 0.15) is 5.69 Å². The fourth-order valence-electron chi connectivity index (χ4n) is 3.23. The van der Waals surface area contributed by atoms with Crippen molar-refractivity contribution in [3.63, 3.8) is 0 Å². The van der Waals surface area contributed by atoms with E-state index in [1.54, 1.807) is 29.2 Å². The third-order valence-electron chi connectivity index (χ3n) is 4.79. The highest BCUT2D eigenvalue weighted by Crippen LogP contribution is 2.20. The van der Waals surface area contributed by atoms with Gasteiger partial charge in [0.2, 0.25) is 6.41 Å². The monoisotopic (exact) mass is 396 g/mol. The molecule has 0 aliphatic carbocycles. The van der Waals surface area contributed by atoms with Crippen LogP contribution >= 0.6 is 0 Å². The van der Waals surface area contributed by atoms with Crippen LogP contribution in [0.15, 0.2) is 65.3 Å². The number of benzene rings is 1. The Balaban J connectivity index is 1.81. The highest BCUT2D eigenvalue weighted by atomic mass is 19.1. The average molecular weight is 396 g/mol. The number of rotatable bonds is 6. The van der Waals surface area contributed by atoms with Gasteiger partial charge in [0.05, 0.1) is 16.7 Å². The number of allylic oxidation sites excluding steroid dienone is 2. The molecular formula is C21H21FN4O3. The molecule has 0 spiro atoms. The van der Waals surface area contributed by atoms with Gasteiger partial charge in [0.15, 0.2) is 0 Å². The number of H-pyrrole nitrogens is 1. The van der Waals surface area contributed by atoms with E-state index in [2.05, 4.69) is 23.4 Å². The van der Waals surface area contributed by atoms with Crippen molar-refractivity contribution < 1.29 is 14.0 Å². The third kappa shape index (κ3) is 4.48. The molecule has 8 heteroatoms. The lowest BCUT2D eigenvalue weighted by Gasteiger charge is -2.32. The normalized spacial score (nSPS) is 14.7. The molecule has 1 aliphatic heterocycles. The summed E-state index contributed by atoms with van der Waals surface area (Å²) in [4.78, 5) is 38.5. The van der Waals surface area contributed by atoms with Crippen LogP contribution in [0, 0.1) is 0 Å². The van der Waals surface area contributed by atoms with Crippen LogP contribution in [0.2, 0.25) is 0 Å². The van der Waals surface area contributed by atoms with E-state index >= 15 is 0 Å². The molecule has 7 nitrogen and oxygen atoms in total. The van der Waals surface area contributed by atoms with Gasteiger partial charge in [-0.1, -0.05) is 31.4 Å². The Labute approximate surface area is 166 Å². The summed E-state index contributed by atoms with van der Waals surface area (Å²) < 4.78 is 14.0. The molecule has 0 saturated carbocycles. The summed E-state index contributed by atoms with van der Waals surface area (Å²) in [6, 6.07) is 7.01. The van der Waals surface area contributed by atoms with Crippen molar-refractivity contribution >= 4 is 23.1 Å². The van der Waals surface area contributed by atoms with Gasteiger partial charge < -0.3 is 9.80 Å². The van der Waals surface area contributed by atoms with Gasteiger partial charge in [-0.25, -0.2) is 9.49 Å². The first kappa shape index (κ1) is 20.2. The third-order valence-corrected chi connectivity index (χ3v) is 4.79. The van der Waals surface area contributed by atoms with E-state index in [9.17, 15) is 18.8 Å². The lowest BCUT2D eigenvalue weighted by Crippen LogP contribution is -2.48. The predicted molar refractivity (Wildman–Crippen MR) is 108 cm³/mol. The number of nitrogens with zero attached hydrogens (tertiary/aromatic N) is 3. The number of aromatic amines is 1. The number of amides is 2. The molecule has 2 amide bonds. The fourth-order valence-corrected chi connectivity index (χ4v) is 3.23. The van der Waals surface area contributed by atoms with E-state index in [1.807, 2.05) is 0 Å². The van der Waals surface area contributed by atoms with Crippen LogP contribution in [0.25, 0.3) is 10.8 Å². The molecule has 0 bridgehead atoms. The summed E-state index contributed by atoms with van der Waals surface area (Å²) in [5.74, 6) is -1.35. The summed E-state index contributed by atoms with van der Waals surface area (Å²) in [6.45, 7) is 8.62. The topological polar surface area (TPSA) is 86.4 Å². The number of nitrogens with one attached hydrogen (secondary N) is 1. The molecular weight excluding hydrogens is 375 g/mol. The second kappa shape index (κ2) is 8.64. The van der Waals surface area contributed by atoms with Gasteiger partial charge in [-0.3, -0.25) is 14.4 Å². The molecule has 0 radical (unpaired) electrons. The SMILES string of the molecule is C=C(/C=C(\C(=C)F)C(=O)N1CCN(C=O)CC1)Cc1n[nH]c(=O)c2ccccc12. The number of hydrogen-bond donors (Lipinski definition) is 1. The van der Waals surface area contributed by atoms with Crippen molar-refractivity contribution in [2.45, 2.75) is 6.42 Å². The molecule has 1 aliphatic rings. The Morgan fingerprint density at radius 2 is 1.83 bits per heavy atom. The molecule has 1 saturated heterocycles. The van der Waals surface area contributed by atoms with E-state index < -0.39 is 11.7 Å². The Bertz CT molecular complexity index is 1070. The van der Waals surface area contributed by atoms with Crippen molar-refractivity contribution in [2.75, 3.05) is 26.2 Å². The molecule has 2 heterocycles. The van der Waals surface area contributed by atoms with Crippen molar-refractivity contribution in [2.24, 2.45) is 0 Å². The lowest BCUT2D eigenvalue weighted by atomic mass is 10.0. The van der Waals surface area contributed by atoms with E-state index in [0.717, 1.165) is 6.41 Å². The maximum atomic E-state index is 14.0. The first-order valence-electron chi connectivity index (χ1n) is 9.10. The summed E-state index contributed by atoms with van der Waals surface area (Å²) in [7, 11) is 0. The van der Waals surface area contributed by atoms with Crippen LogP contribution in [0.5, 0.6) is 0 Å². The zero-order chi connectivity index (χ0) is 21.0. The summed E-state index contributed by atoms with van der Waals surface area (Å²) in [5, 5.41) is 7.68. The van der Waals surface area contributed by atoms with Crippen molar-refractivity contribution in [1.29, 1.82) is 0 Å². The van der Waals surface area contributed by atoms with Gasteiger partial charge in [0.1, 0.15) is 5.83 Å². The molecule has 1 aromatic carbocycles. The minimum atomic E-state index is -0.853. The van der Waals surface area contributed by atoms with E-state index in [1.165, 1.54) is 11.0 Å². The molecule has 1 N–H and O–H groups in total. The first-order chi connectivity index (χ1) is 13.9. The van der Waals surface area contributed by atoms with Gasteiger partial charge in [0.25, 0.3) is 11.5 Å². The zero-order valence-electron chi connectivity index (χ0n) is 15.9. The maximum Gasteiger partial charge on any atom is 0.272 e. The molecule has 150 valence electrons. The molecule has 0 unspecified atom stereocenters. The molecule has 29 heavy (non-hydrogen) atoms. The Hall–Kier alpha value is -3.55. The molecule has 2 aromatic rings. The minimum Gasteiger partial charge on any atom is -0.342 e. The second-order valence-electron chi connectivity index (χ2n) is 6.78. The number of piperazine rings is 1. The second-order valence-corrected chi connectivity index (χ2v) is 6.78. The summed E-state index contributed by atoms with van der Waals surface area (Å²) in [6.07, 6.45) is 2.31. The first-order valence-corrected chi connectivity index (χ1v) is 9.10. The van der Waals surface area contributed by atoms with Crippen molar-refractivity contribution in [1.82, 2.24) is 20.0 Å². The van der Waals surface area contributed by atoms with Gasteiger partial charge in [0, 0.05) is 38.0 Å². The van der Waals surface area contributed by atoms with Gasteiger partial charge in [-0.05, 0) is 17.7 Å². The van der Waals surface area contributed by atoms with Crippen LogP contribution in [-0.4, -0.2) is 58.5 Å². The van der Waals surface area contributed by atoms with E-state index in [-0.39, 0.29) is 17.6 Å². The number of aromatic nitrogens is 2. The average Bonchev–Trinajstić information content (AvgIpc) is 2.73. The predicted octanol–water partition coefficient (Wildman–Crippen LogP) is 1.73. The van der Waals surface area contributed by atoms with Crippen LogP contribution in [0.3, 0.4) is 0 Å². The standard InChI is InChI=1S/C21H21FN4O3/c1-14(12-19-16-5-3-4-6-17(16)20(28)24-23-19)11-18(15(2)22)21(29)26-9-7-25(13-27)8-10-26/h3-6,11,13H,1-2,7-10,12H2,(H,24,28)/b18-11+. The number of carbonyl (C=O) groups excluding carboxylic acids is 2.